The van der Waals surface area contributed by atoms with E-state index >= 15 is 0 Å². The van der Waals surface area contributed by atoms with Gasteiger partial charge in [0.2, 0.25) is 0 Å². The van der Waals surface area contributed by atoms with Crippen LogP contribution in [0.5, 0.6) is 0 Å². The molecule has 120 valence electrons. The number of aryl methyl sites for hydroxylation is 1. The number of ether oxygens (including phenoxy) is 1. The number of nitrogens with one attached hydrogen (secondary N) is 1. The molecule has 1 aromatic rings. The smallest absolute Gasteiger partial charge is 0.409 e. The fourth-order valence-electron chi connectivity index (χ4n) is 1.98. The Morgan fingerprint density at radius 1 is 1.38 bits per heavy atom. The number of amides is 1. The van der Waals surface area contributed by atoms with Crippen LogP contribution < -0.4 is 0 Å². The highest BCUT2D eigenvalue weighted by atomic mass is 16.6. The molecule has 1 rings (SSSR count). The maximum Gasteiger partial charge on any atom is 0.409 e. The Balaban J connectivity index is 2.50. The molecule has 6 heteroatoms. The number of carbonyl (C=O) groups is 1. The number of hydrogen-bond donors (Lipinski definition) is 1. The van der Waals surface area contributed by atoms with E-state index in [9.17, 15) is 4.79 Å². The lowest BCUT2D eigenvalue weighted by Gasteiger charge is -2.24. The number of aromatic nitrogens is 2. The summed E-state index contributed by atoms with van der Waals surface area (Å²) in [5.41, 5.74) is 2.06. The van der Waals surface area contributed by atoms with E-state index in [1.165, 1.54) is 0 Å². The first-order valence-electron chi connectivity index (χ1n) is 7.45. The van der Waals surface area contributed by atoms with Crippen molar-refractivity contribution in [2.75, 3.05) is 40.3 Å². The normalized spacial score (nSPS) is 11.2. The predicted octanol–water partition coefficient (Wildman–Crippen LogP) is 1.92. The van der Waals surface area contributed by atoms with Gasteiger partial charge in [0.15, 0.2) is 0 Å². The van der Waals surface area contributed by atoms with Crippen molar-refractivity contribution in [3.05, 3.63) is 17.7 Å². The number of imidazole rings is 1. The second-order valence-electron chi connectivity index (χ2n) is 5.98. The van der Waals surface area contributed by atoms with Crippen LogP contribution in [0.3, 0.4) is 0 Å². The Morgan fingerprint density at radius 2 is 2.10 bits per heavy atom. The molecule has 0 aliphatic carbocycles. The molecule has 1 N–H and O–H groups in total. The van der Waals surface area contributed by atoms with Crippen LogP contribution in [0.1, 0.15) is 25.2 Å². The summed E-state index contributed by atoms with van der Waals surface area (Å²) in [6.07, 6.45) is 2.19. The van der Waals surface area contributed by atoms with Crippen LogP contribution in [-0.2, 0) is 11.2 Å². The van der Waals surface area contributed by atoms with Gasteiger partial charge < -0.3 is 19.5 Å². The first-order chi connectivity index (χ1) is 9.90. The second-order valence-corrected chi connectivity index (χ2v) is 5.98. The van der Waals surface area contributed by atoms with Crippen LogP contribution in [0, 0.1) is 12.8 Å². The van der Waals surface area contributed by atoms with Crippen LogP contribution >= 0.6 is 0 Å². The lowest BCUT2D eigenvalue weighted by atomic mass is 10.2. The predicted molar refractivity (Wildman–Crippen MR) is 83.3 cm³/mol. The van der Waals surface area contributed by atoms with Crippen LogP contribution in [0.25, 0.3) is 0 Å². The van der Waals surface area contributed by atoms with Crippen LogP contribution in [0.2, 0.25) is 0 Å². The van der Waals surface area contributed by atoms with Gasteiger partial charge in [0.25, 0.3) is 0 Å². The third-order valence-electron chi connectivity index (χ3n) is 3.16. The molecule has 0 unspecified atom stereocenters. The van der Waals surface area contributed by atoms with Gasteiger partial charge in [-0.25, -0.2) is 9.78 Å². The van der Waals surface area contributed by atoms with Crippen molar-refractivity contribution >= 4 is 6.09 Å². The Bertz CT molecular complexity index is 429. The van der Waals surface area contributed by atoms with E-state index in [2.05, 4.69) is 23.8 Å². The largest absolute Gasteiger partial charge is 0.448 e. The molecular formula is C15H28N4O2. The number of likely N-dealkylation sites (N-methyl/N-ethyl adjacent to an activating group) is 1. The van der Waals surface area contributed by atoms with Crippen molar-refractivity contribution in [3.8, 4) is 0 Å². The monoisotopic (exact) mass is 296 g/mol. The highest BCUT2D eigenvalue weighted by Crippen LogP contribution is 2.07. The molecule has 0 aliphatic heterocycles. The molecule has 21 heavy (non-hydrogen) atoms. The van der Waals surface area contributed by atoms with Gasteiger partial charge in [0, 0.05) is 31.7 Å². The lowest BCUT2D eigenvalue weighted by molar-refractivity contribution is 0.0923. The maximum absolute atomic E-state index is 12.2. The minimum atomic E-state index is -0.237. The maximum atomic E-state index is 12.2. The number of carbonyl (C=O) groups excluding carboxylic acids is 1. The minimum absolute atomic E-state index is 0.237. The average Bonchev–Trinajstić information content (AvgIpc) is 2.79. The van der Waals surface area contributed by atoms with Gasteiger partial charge in [-0.1, -0.05) is 13.8 Å². The molecule has 0 aliphatic rings. The Kier molecular flexibility index (Phi) is 7.22. The van der Waals surface area contributed by atoms with Crippen molar-refractivity contribution in [1.29, 1.82) is 0 Å². The SMILES string of the molecule is Cc1[nH]cnc1CCN(CC(C)C)C(=O)OCCN(C)C. The van der Waals surface area contributed by atoms with Gasteiger partial charge in [0.1, 0.15) is 6.61 Å². The molecule has 0 saturated carbocycles. The average molecular weight is 296 g/mol. The number of H-pyrrole nitrogens is 1. The van der Waals surface area contributed by atoms with Crippen LogP contribution in [0.4, 0.5) is 4.79 Å². The molecule has 6 nitrogen and oxygen atoms in total. The Morgan fingerprint density at radius 3 is 2.62 bits per heavy atom. The van der Waals surface area contributed by atoms with Gasteiger partial charge >= 0.3 is 6.09 Å². The standard InChI is InChI=1S/C15H28N4O2/c1-12(2)10-19(15(20)21-9-8-18(4)5)7-6-14-13(3)16-11-17-14/h11-12H,6-10H2,1-5H3,(H,16,17). The second kappa shape index (κ2) is 8.67. The summed E-state index contributed by atoms with van der Waals surface area (Å²) in [5, 5.41) is 0. The van der Waals surface area contributed by atoms with E-state index in [1.807, 2.05) is 25.9 Å². The first kappa shape index (κ1) is 17.5. The van der Waals surface area contributed by atoms with Gasteiger partial charge in [0.05, 0.1) is 12.0 Å². The molecule has 0 spiro atoms. The highest BCUT2D eigenvalue weighted by Gasteiger charge is 2.17. The molecule has 0 fully saturated rings. The molecule has 1 aromatic heterocycles. The minimum Gasteiger partial charge on any atom is -0.448 e. The zero-order chi connectivity index (χ0) is 15.8. The number of hydrogen-bond acceptors (Lipinski definition) is 4. The van der Waals surface area contributed by atoms with E-state index < -0.39 is 0 Å². The van der Waals surface area contributed by atoms with Crippen molar-refractivity contribution in [2.24, 2.45) is 5.92 Å². The summed E-state index contributed by atoms with van der Waals surface area (Å²) >= 11 is 0. The number of nitrogens with zero attached hydrogens (tertiary/aromatic N) is 3. The summed E-state index contributed by atoms with van der Waals surface area (Å²) in [5.74, 6) is 0.409. The molecule has 0 aromatic carbocycles. The van der Waals surface area contributed by atoms with Crippen molar-refractivity contribution in [1.82, 2.24) is 19.8 Å². The molecule has 1 amide bonds. The van der Waals surface area contributed by atoms with E-state index in [0.717, 1.165) is 24.4 Å². The number of aromatic amines is 1. The summed E-state index contributed by atoms with van der Waals surface area (Å²) in [7, 11) is 3.92. The van der Waals surface area contributed by atoms with E-state index in [1.54, 1.807) is 11.2 Å². The molecule has 0 bridgehead atoms. The molecule has 0 radical (unpaired) electrons. The van der Waals surface area contributed by atoms with Gasteiger partial charge in [-0.3, -0.25) is 0 Å². The Hall–Kier alpha value is -1.56. The van der Waals surface area contributed by atoms with Crippen molar-refractivity contribution in [3.63, 3.8) is 0 Å². The summed E-state index contributed by atoms with van der Waals surface area (Å²) < 4.78 is 5.33. The topological polar surface area (TPSA) is 61.5 Å². The fourth-order valence-corrected chi connectivity index (χ4v) is 1.98. The third kappa shape index (κ3) is 6.62. The van der Waals surface area contributed by atoms with Gasteiger partial charge in [-0.2, -0.15) is 0 Å². The molecule has 0 atom stereocenters. The van der Waals surface area contributed by atoms with Crippen molar-refractivity contribution in [2.45, 2.75) is 27.2 Å². The third-order valence-corrected chi connectivity index (χ3v) is 3.16. The van der Waals surface area contributed by atoms with Gasteiger partial charge in [-0.05, 0) is 26.9 Å². The first-order valence-corrected chi connectivity index (χ1v) is 7.45. The van der Waals surface area contributed by atoms with E-state index in [-0.39, 0.29) is 6.09 Å². The van der Waals surface area contributed by atoms with E-state index in [0.29, 0.717) is 25.6 Å². The molecule has 1 heterocycles. The molecular weight excluding hydrogens is 268 g/mol. The van der Waals surface area contributed by atoms with Crippen LogP contribution in [-0.4, -0.2) is 66.2 Å². The van der Waals surface area contributed by atoms with Gasteiger partial charge in [-0.15, -0.1) is 0 Å². The summed E-state index contributed by atoms with van der Waals surface area (Å²) in [4.78, 5) is 23.3. The fraction of sp³-hybridized carbons (Fsp3) is 0.733. The highest BCUT2D eigenvalue weighted by molar-refractivity contribution is 5.67. The van der Waals surface area contributed by atoms with E-state index in [4.69, 9.17) is 4.74 Å². The summed E-state index contributed by atoms with van der Waals surface area (Å²) in [6.45, 7) is 8.67. The zero-order valence-electron chi connectivity index (χ0n) is 13.8. The quantitative estimate of drug-likeness (QED) is 0.796. The Labute approximate surface area is 127 Å². The summed E-state index contributed by atoms with van der Waals surface area (Å²) in [6, 6.07) is 0. The number of rotatable bonds is 8. The lowest BCUT2D eigenvalue weighted by Crippen LogP contribution is -2.37. The van der Waals surface area contributed by atoms with Crippen LogP contribution in [0.15, 0.2) is 6.33 Å². The van der Waals surface area contributed by atoms with Crippen molar-refractivity contribution < 1.29 is 9.53 Å². The molecule has 0 saturated heterocycles. The zero-order valence-corrected chi connectivity index (χ0v) is 13.8.